The highest BCUT2D eigenvalue weighted by atomic mass is 16.6. The van der Waals surface area contributed by atoms with E-state index in [1.54, 1.807) is 0 Å². The van der Waals surface area contributed by atoms with E-state index < -0.39 is 0 Å². The summed E-state index contributed by atoms with van der Waals surface area (Å²) < 4.78 is 0. The molecule has 0 bridgehead atoms. The zero-order valence-electron chi connectivity index (χ0n) is 5.48. The lowest BCUT2D eigenvalue weighted by atomic mass is 10.0. The van der Waals surface area contributed by atoms with E-state index in [1.165, 1.54) is 0 Å². The van der Waals surface area contributed by atoms with E-state index in [2.05, 4.69) is 4.84 Å². The molecule has 8 heavy (non-hydrogen) atoms. The first-order chi connectivity index (χ1) is 3.56. The largest absolute Gasteiger partial charge is 0.325 e. The fourth-order valence-electron chi connectivity index (χ4n) is 0.322. The standard InChI is InChI=1S/C5H14N2O/c1-5(2,6)3-4-8-7/h3-4,6-7H2,1-2H3. The lowest BCUT2D eigenvalue weighted by Crippen LogP contribution is -2.33. The highest BCUT2D eigenvalue weighted by molar-refractivity contribution is 4.69. The van der Waals surface area contributed by atoms with Gasteiger partial charge in [0.15, 0.2) is 0 Å². The smallest absolute Gasteiger partial charge is 0.0696 e. The van der Waals surface area contributed by atoms with Crippen LogP contribution in [0.1, 0.15) is 20.3 Å². The molecule has 50 valence electrons. The van der Waals surface area contributed by atoms with Gasteiger partial charge in [-0.05, 0) is 20.3 Å². The van der Waals surface area contributed by atoms with E-state index >= 15 is 0 Å². The Morgan fingerprint density at radius 1 is 1.50 bits per heavy atom. The second-order valence-electron chi connectivity index (χ2n) is 2.61. The molecule has 4 N–H and O–H groups in total. The van der Waals surface area contributed by atoms with Gasteiger partial charge in [0.05, 0.1) is 6.61 Å². The van der Waals surface area contributed by atoms with Gasteiger partial charge in [-0.15, -0.1) is 0 Å². The summed E-state index contributed by atoms with van der Waals surface area (Å²) in [6.07, 6.45) is 0.795. The summed E-state index contributed by atoms with van der Waals surface area (Å²) in [5.74, 6) is 4.78. The molecule has 0 atom stereocenters. The monoisotopic (exact) mass is 118 g/mol. The van der Waals surface area contributed by atoms with E-state index in [4.69, 9.17) is 11.6 Å². The van der Waals surface area contributed by atoms with E-state index in [1.807, 2.05) is 13.8 Å². The molecule has 0 aromatic rings. The van der Waals surface area contributed by atoms with E-state index in [0.29, 0.717) is 6.61 Å². The van der Waals surface area contributed by atoms with E-state index in [-0.39, 0.29) is 5.54 Å². The first-order valence-electron chi connectivity index (χ1n) is 2.67. The van der Waals surface area contributed by atoms with Gasteiger partial charge >= 0.3 is 0 Å². The molecular weight excluding hydrogens is 104 g/mol. The summed E-state index contributed by atoms with van der Waals surface area (Å²) in [6, 6.07) is 0. The number of nitrogens with two attached hydrogens (primary N) is 2. The minimum atomic E-state index is -0.153. The second-order valence-corrected chi connectivity index (χ2v) is 2.61. The molecule has 0 radical (unpaired) electrons. The van der Waals surface area contributed by atoms with Crippen molar-refractivity contribution in [1.29, 1.82) is 0 Å². The predicted octanol–water partition coefficient (Wildman–Crippen LogP) is 0.00410. The van der Waals surface area contributed by atoms with Crippen molar-refractivity contribution < 1.29 is 4.84 Å². The van der Waals surface area contributed by atoms with Crippen LogP contribution < -0.4 is 11.6 Å². The van der Waals surface area contributed by atoms with Crippen LogP contribution in [0.5, 0.6) is 0 Å². The Kier molecular flexibility index (Phi) is 2.97. The van der Waals surface area contributed by atoms with Crippen molar-refractivity contribution in [2.75, 3.05) is 6.61 Å². The van der Waals surface area contributed by atoms with Crippen molar-refractivity contribution in [2.45, 2.75) is 25.8 Å². The number of hydrogen-bond acceptors (Lipinski definition) is 3. The molecule has 0 aliphatic heterocycles. The van der Waals surface area contributed by atoms with E-state index in [0.717, 1.165) is 6.42 Å². The summed E-state index contributed by atoms with van der Waals surface area (Å²) in [5.41, 5.74) is 5.43. The summed E-state index contributed by atoms with van der Waals surface area (Å²) in [7, 11) is 0. The third kappa shape index (κ3) is 5.88. The molecule has 0 aliphatic carbocycles. The summed E-state index contributed by atoms with van der Waals surface area (Å²) in [4.78, 5) is 4.34. The van der Waals surface area contributed by atoms with Gasteiger partial charge in [0.1, 0.15) is 0 Å². The van der Waals surface area contributed by atoms with Crippen LogP contribution in [0.25, 0.3) is 0 Å². The van der Waals surface area contributed by atoms with Crippen LogP contribution in [0.4, 0.5) is 0 Å². The molecule has 0 amide bonds. The van der Waals surface area contributed by atoms with E-state index in [9.17, 15) is 0 Å². The Morgan fingerprint density at radius 2 is 2.00 bits per heavy atom. The van der Waals surface area contributed by atoms with Gasteiger partial charge in [-0.2, -0.15) is 0 Å². The summed E-state index contributed by atoms with van der Waals surface area (Å²) in [5, 5.41) is 0. The first-order valence-corrected chi connectivity index (χ1v) is 2.67. The molecule has 0 aliphatic rings. The lowest BCUT2D eigenvalue weighted by molar-refractivity contribution is 0.122. The van der Waals surface area contributed by atoms with Gasteiger partial charge < -0.3 is 10.6 Å². The predicted molar refractivity (Wildman–Crippen MR) is 33.0 cm³/mol. The molecule has 0 saturated carbocycles. The molecule has 0 fully saturated rings. The lowest BCUT2D eigenvalue weighted by Gasteiger charge is -2.16. The Labute approximate surface area is 49.9 Å². The fourth-order valence-corrected chi connectivity index (χ4v) is 0.322. The van der Waals surface area contributed by atoms with Crippen LogP contribution in [0.2, 0.25) is 0 Å². The van der Waals surface area contributed by atoms with Crippen LogP contribution in [-0.2, 0) is 4.84 Å². The maximum atomic E-state index is 5.59. The molecule has 0 heterocycles. The van der Waals surface area contributed by atoms with Crippen LogP contribution in [0.15, 0.2) is 0 Å². The van der Waals surface area contributed by atoms with Gasteiger partial charge in [-0.3, -0.25) is 0 Å². The zero-order chi connectivity index (χ0) is 6.62. The van der Waals surface area contributed by atoms with Crippen LogP contribution in [0.3, 0.4) is 0 Å². The third-order valence-corrected chi connectivity index (χ3v) is 0.864. The molecule has 0 spiro atoms. The third-order valence-electron chi connectivity index (χ3n) is 0.864. The average molecular weight is 118 g/mol. The second kappa shape index (κ2) is 3.02. The van der Waals surface area contributed by atoms with Gasteiger partial charge in [0.2, 0.25) is 0 Å². The first kappa shape index (κ1) is 7.88. The fraction of sp³-hybridized carbons (Fsp3) is 1.00. The number of hydrogen-bond donors (Lipinski definition) is 2. The molecule has 0 saturated heterocycles. The Bertz CT molecular complexity index is 57.9. The molecular formula is C5H14N2O. The maximum Gasteiger partial charge on any atom is 0.0696 e. The number of rotatable bonds is 3. The molecule has 0 aromatic carbocycles. The Balaban J connectivity index is 3.11. The summed E-state index contributed by atoms with van der Waals surface area (Å²) in [6.45, 7) is 4.40. The van der Waals surface area contributed by atoms with Gasteiger partial charge in [-0.25, -0.2) is 5.90 Å². The van der Waals surface area contributed by atoms with Crippen molar-refractivity contribution in [1.82, 2.24) is 0 Å². The molecule has 0 rings (SSSR count). The van der Waals surface area contributed by atoms with Crippen molar-refractivity contribution in [3.05, 3.63) is 0 Å². The van der Waals surface area contributed by atoms with Crippen LogP contribution in [-0.4, -0.2) is 12.1 Å². The maximum absolute atomic E-state index is 5.59. The molecule has 3 nitrogen and oxygen atoms in total. The molecule has 3 heteroatoms. The van der Waals surface area contributed by atoms with Gasteiger partial charge in [0.25, 0.3) is 0 Å². The quantitative estimate of drug-likeness (QED) is 0.513. The zero-order valence-corrected chi connectivity index (χ0v) is 5.48. The van der Waals surface area contributed by atoms with Gasteiger partial charge in [-0.1, -0.05) is 0 Å². The molecule has 0 aromatic heterocycles. The highest BCUT2D eigenvalue weighted by Crippen LogP contribution is 2.01. The molecule has 0 unspecified atom stereocenters. The SMILES string of the molecule is CC(C)(N)CCON. The van der Waals surface area contributed by atoms with Crippen LogP contribution >= 0.6 is 0 Å². The van der Waals surface area contributed by atoms with Crippen LogP contribution in [0, 0.1) is 0 Å². The Morgan fingerprint density at radius 3 is 2.12 bits per heavy atom. The van der Waals surface area contributed by atoms with Crippen molar-refractivity contribution in [3.8, 4) is 0 Å². The normalized spacial score (nSPS) is 12.0. The van der Waals surface area contributed by atoms with Gasteiger partial charge in [0, 0.05) is 5.54 Å². The Hall–Kier alpha value is -0.120. The topological polar surface area (TPSA) is 61.3 Å². The minimum absolute atomic E-state index is 0.153. The van der Waals surface area contributed by atoms with Crippen molar-refractivity contribution >= 4 is 0 Å². The summed E-state index contributed by atoms with van der Waals surface area (Å²) >= 11 is 0. The van der Waals surface area contributed by atoms with Crippen molar-refractivity contribution in [2.24, 2.45) is 11.6 Å². The average Bonchev–Trinajstić information content (AvgIpc) is 1.59. The van der Waals surface area contributed by atoms with Crippen molar-refractivity contribution in [3.63, 3.8) is 0 Å². The highest BCUT2D eigenvalue weighted by Gasteiger charge is 2.08. The minimum Gasteiger partial charge on any atom is -0.325 e.